The molecule has 4 nitrogen and oxygen atoms in total. The number of hydrogen-bond acceptors (Lipinski definition) is 4. The Balaban J connectivity index is 1.93. The van der Waals surface area contributed by atoms with Crippen molar-refractivity contribution < 1.29 is 31.1 Å². The third-order valence-electron chi connectivity index (χ3n) is 4.94. The highest BCUT2D eigenvalue weighted by molar-refractivity contribution is 7.93. The predicted octanol–water partition coefficient (Wildman–Crippen LogP) is 5.26. The van der Waals surface area contributed by atoms with Crippen molar-refractivity contribution in [3.63, 3.8) is 0 Å². The quantitative estimate of drug-likeness (QED) is 0.429. The van der Waals surface area contributed by atoms with Gasteiger partial charge in [0, 0.05) is 0 Å². The predicted molar refractivity (Wildman–Crippen MR) is 114 cm³/mol. The zero-order chi connectivity index (χ0) is 23.2. The molecule has 0 aliphatic rings. The van der Waals surface area contributed by atoms with Crippen LogP contribution in [0.3, 0.4) is 0 Å². The lowest BCUT2D eigenvalue weighted by molar-refractivity contribution is -0.147. The first kappa shape index (κ1) is 23.5. The van der Waals surface area contributed by atoms with E-state index in [-0.39, 0.29) is 6.42 Å². The van der Waals surface area contributed by atoms with E-state index in [1.165, 1.54) is 0 Å². The zero-order valence-corrected chi connectivity index (χ0v) is 17.7. The van der Waals surface area contributed by atoms with Crippen molar-refractivity contribution in [3.05, 3.63) is 108 Å². The average Bonchev–Trinajstić information content (AvgIpc) is 2.78. The number of aryl methyl sites for hydroxylation is 1. The second kappa shape index (κ2) is 9.99. The molecule has 3 aromatic rings. The molecule has 0 spiro atoms. The molecular formula is C24H21F3O4S. The van der Waals surface area contributed by atoms with Gasteiger partial charge in [-0.15, -0.1) is 0 Å². The van der Waals surface area contributed by atoms with Crippen molar-refractivity contribution in [1.82, 2.24) is 0 Å². The molecule has 0 saturated carbocycles. The normalized spacial score (nSPS) is 13.0. The molecule has 0 fully saturated rings. The molecule has 0 bridgehead atoms. The molecule has 0 aliphatic heterocycles. The Kier molecular flexibility index (Phi) is 7.35. The van der Waals surface area contributed by atoms with Crippen molar-refractivity contribution in [2.75, 3.05) is 0 Å². The maximum atomic E-state index is 13.4. The van der Waals surface area contributed by atoms with E-state index in [0.717, 1.165) is 0 Å². The van der Waals surface area contributed by atoms with Crippen LogP contribution in [0.15, 0.2) is 91.0 Å². The number of rotatable bonds is 8. The van der Waals surface area contributed by atoms with Gasteiger partial charge in [-0.3, -0.25) is 4.79 Å². The van der Waals surface area contributed by atoms with Gasteiger partial charge >= 0.3 is 11.5 Å². The Bertz CT molecular complexity index is 1080. The van der Waals surface area contributed by atoms with Crippen molar-refractivity contribution in [3.8, 4) is 0 Å². The van der Waals surface area contributed by atoms with E-state index in [4.69, 9.17) is 4.74 Å². The number of hydrogen-bond donors (Lipinski definition) is 0. The topological polar surface area (TPSA) is 60.4 Å². The Morgan fingerprint density at radius 2 is 1.22 bits per heavy atom. The number of alkyl halides is 3. The SMILES string of the molecule is O=C(OC(c1ccccc1)c1ccccc1)[C@@H](CCc1ccccc1)S(=O)(=O)C(F)(F)F. The van der Waals surface area contributed by atoms with E-state index >= 15 is 0 Å². The van der Waals surface area contributed by atoms with Crippen molar-refractivity contribution in [1.29, 1.82) is 0 Å². The number of halogens is 3. The Labute approximate surface area is 184 Å². The minimum absolute atomic E-state index is 0.0305. The smallest absolute Gasteiger partial charge is 0.452 e. The molecule has 3 aromatic carbocycles. The van der Waals surface area contributed by atoms with Crippen LogP contribution in [0.4, 0.5) is 13.2 Å². The lowest BCUT2D eigenvalue weighted by atomic mass is 10.0. The molecule has 0 saturated heterocycles. The van der Waals surface area contributed by atoms with E-state index < -0.39 is 39.1 Å². The zero-order valence-electron chi connectivity index (χ0n) is 16.9. The monoisotopic (exact) mass is 462 g/mol. The Morgan fingerprint density at radius 3 is 1.66 bits per heavy atom. The van der Waals surface area contributed by atoms with Gasteiger partial charge in [0.05, 0.1) is 0 Å². The van der Waals surface area contributed by atoms with E-state index in [1.807, 2.05) is 0 Å². The fraction of sp³-hybridized carbons (Fsp3) is 0.208. The molecular weight excluding hydrogens is 441 g/mol. The van der Waals surface area contributed by atoms with E-state index in [2.05, 4.69) is 0 Å². The molecule has 0 aliphatic carbocycles. The van der Waals surface area contributed by atoms with E-state index in [1.54, 1.807) is 91.0 Å². The van der Waals surface area contributed by atoms with Gasteiger partial charge in [0.25, 0.3) is 9.84 Å². The lowest BCUT2D eigenvalue weighted by Crippen LogP contribution is -2.41. The van der Waals surface area contributed by atoms with Crippen LogP contribution < -0.4 is 0 Å². The Morgan fingerprint density at radius 1 is 0.781 bits per heavy atom. The average molecular weight is 462 g/mol. The molecule has 0 unspecified atom stereocenters. The molecule has 0 heterocycles. The van der Waals surface area contributed by atoms with Crippen LogP contribution in [0.25, 0.3) is 0 Å². The minimum atomic E-state index is -5.79. The number of ether oxygens (including phenoxy) is 1. The molecule has 8 heteroatoms. The van der Waals surface area contributed by atoms with Gasteiger partial charge in [0.1, 0.15) is 0 Å². The van der Waals surface area contributed by atoms with Crippen LogP contribution in [0.5, 0.6) is 0 Å². The summed E-state index contributed by atoms with van der Waals surface area (Å²) in [4.78, 5) is 12.9. The highest BCUT2D eigenvalue weighted by Gasteiger charge is 2.54. The molecule has 1 atom stereocenters. The second-order valence-electron chi connectivity index (χ2n) is 7.14. The fourth-order valence-corrected chi connectivity index (χ4v) is 4.34. The third kappa shape index (κ3) is 5.56. The van der Waals surface area contributed by atoms with Crippen molar-refractivity contribution >= 4 is 15.8 Å². The van der Waals surface area contributed by atoms with Crippen LogP contribution in [0, 0.1) is 0 Å². The standard InChI is InChI=1S/C24H21F3O4S/c25-24(26,27)32(29,30)21(17-16-18-10-4-1-5-11-18)23(28)31-22(19-12-6-2-7-13-19)20-14-8-3-9-15-20/h1-15,21-22H,16-17H2/t21-/m1/s1. The first-order valence-corrected chi connectivity index (χ1v) is 11.4. The van der Waals surface area contributed by atoms with Gasteiger partial charge in [0.15, 0.2) is 11.4 Å². The first-order valence-electron chi connectivity index (χ1n) is 9.84. The van der Waals surface area contributed by atoms with Crippen LogP contribution in [-0.2, 0) is 25.8 Å². The van der Waals surface area contributed by atoms with Gasteiger partial charge in [-0.25, -0.2) is 8.42 Å². The van der Waals surface area contributed by atoms with Crippen LogP contribution in [0.2, 0.25) is 0 Å². The summed E-state index contributed by atoms with van der Waals surface area (Å²) < 4.78 is 70.0. The molecule has 0 N–H and O–H groups in total. The number of sulfone groups is 1. The summed E-state index contributed by atoms with van der Waals surface area (Å²) in [6.45, 7) is 0. The van der Waals surface area contributed by atoms with Crippen molar-refractivity contribution in [2.24, 2.45) is 0 Å². The number of esters is 1. The summed E-state index contributed by atoms with van der Waals surface area (Å²) in [5.41, 5.74) is -3.94. The molecule has 0 aromatic heterocycles. The maximum absolute atomic E-state index is 13.4. The summed E-state index contributed by atoms with van der Waals surface area (Å²) in [6.07, 6.45) is -1.63. The summed E-state index contributed by atoms with van der Waals surface area (Å²) in [7, 11) is -5.79. The van der Waals surface area contributed by atoms with Gasteiger partial charge in [-0.2, -0.15) is 13.2 Å². The molecule has 3 rings (SSSR count). The van der Waals surface area contributed by atoms with Gasteiger partial charge in [-0.1, -0.05) is 91.0 Å². The van der Waals surface area contributed by atoms with Gasteiger partial charge in [0.2, 0.25) is 0 Å². The van der Waals surface area contributed by atoms with Crippen LogP contribution >= 0.6 is 0 Å². The highest BCUT2D eigenvalue weighted by atomic mass is 32.2. The summed E-state index contributed by atoms with van der Waals surface area (Å²) in [5.74, 6) is -1.43. The van der Waals surface area contributed by atoms with Gasteiger partial charge < -0.3 is 4.74 Å². The Hall–Kier alpha value is -3.13. The number of carbonyl (C=O) groups excluding carboxylic acids is 1. The minimum Gasteiger partial charge on any atom is -0.452 e. The summed E-state index contributed by atoms with van der Waals surface area (Å²) >= 11 is 0. The number of benzene rings is 3. The fourth-order valence-electron chi connectivity index (χ4n) is 3.28. The van der Waals surface area contributed by atoms with Crippen molar-refractivity contribution in [2.45, 2.75) is 29.7 Å². The van der Waals surface area contributed by atoms with Crippen LogP contribution in [-0.4, -0.2) is 25.1 Å². The second-order valence-corrected chi connectivity index (χ2v) is 9.26. The first-order chi connectivity index (χ1) is 15.2. The number of carbonyl (C=O) groups is 1. The molecule has 0 amide bonds. The molecule has 0 radical (unpaired) electrons. The van der Waals surface area contributed by atoms with Gasteiger partial charge in [-0.05, 0) is 29.5 Å². The third-order valence-corrected chi connectivity index (χ3v) is 6.76. The van der Waals surface area contributed by atoms with Crippen LogP contribution in [0.1, 0.15) is 29.2 Å². The maximum Gasteiger partial charge on any atom is 0.498 e. The summed E-state index contributed by atoms with van der Waals surface area (Å²) in [5, 5.41) is -2.38. The highest BCUT2D eigenvalue weighted by Crippen LogP contribution is 2.33. The lowest BCUT2D eigenvalue weighted by Gasteiger charge is -2.23. The molecule has 168 valence electrons. The van der Waals surface area contributed by atoms with E-state index in [9.17, 15) is 26.4 Å². The largest absolute Gasteiger partial charge is 0.498 e. The van der Waals surface area contributed by atoms with E-state index in [0.29, 0.717) is 16.7 Å². The summed E-state index contributed by atoms with van der Waals surface area (Å²) in [6, 6.07) is 25.3. The molecule has 32 heavy (non-hydrogen) atoms.